The van der Waals surface area contributed by atoms with Crippen LogP contribution in [0.25, 0.3) is 0 Å². The van der Waals surface area contributed by atoms with Gasteiger partial charge >= 0.3 is 0 Å². The van der Waals surface area contributed by atoms with Gasteiger partial charge in [-0.15, -0.1) is 0 Å². The summed E-state index contributed by atoms with van der Waals surface area (Å²) in [6.45, 7) is 1.94. The van der Waals surface area contributed by atoms with Crippen molar-refractivity contribution in [1.29, 1.82) is 0 Å². The van der Waals surface area contributed by atoms with Gasteiger partial charge in [-0.3, -0.25) is 0 Å². The molecule has 2 aromatic rings. The van der Waals surface area contributed by atoms with Gasteiger partial charge in [-0.1, -0.05) is 64.0 Å². The zero-order valence-corrected chi connectivity index (χ0v) is 14.9. The number of alkyl halides is 1. The summed E-state index contributed by atoms with van der Waals surface area (Å²) in [7, 11) is -3.45. The Morgan fingerprint density at radius 2 is 1.62 bits per heavy atom. The lowest BCUT2D eigenvalue weighted by molar-refractivity contribution is 0.553. The molecule has 0 radical (unpaired) electrons. The zero-order chi connectivity index (χ0) is 15.2. The topological polar surface area (TPSA) is 37.1 Å². The molecule has 1 saturated heterocycles. The van der Waals surface area contributed by atoms with Crippen molar-refractivity contribution in [2.45, 2.75) is 21.9 Å². The van der Waals surface area contributed by atoms with Crippen LogP contribution in [0.1, 0.15) is 17.2 Å². The molecule has 2 aromatic carbocycles. The van der Waals surface area contributed by atoms with Gasteiger partial charge in [-0.2, -0.15) is 4.31 Å². The van der Waals surface area contributed by atoms with Crippen LogP contribution in [0.15, 0.2) is 53.4 Å². The van der Waals surface area contributed by atoms with Crippen molar-refractivity contribution in [3.05, 3.63) is 64.7 Å². The molecule has 1 heterocycles. The summed E-state index contributed by atoms with van der Waals surface area (Å²) in [5, 5.41) is 0.650. The molecule has 6 heteroatoms. The average Bonchev–Trinajstić information content (AvgIpc) is 3.12. The number of aryl methyl sites for hydroxylation is 1. The molecule has 0 amide bonds. The summed E-state index contributed by atoms with van der Waals surface area (Å²) in [6, 6.07) is 14.2. The Morgan fingerprint density at radius 1 is 1.05 bits per heavy atom. The van der Waals surface area contributed by atoms with Crippen molar-refractivity contribution in [3.63, 3.8) is 0 Å². The molecule has 1 fully saturated rings. The molecule has 1 aliphatic heterocycles. The monoisotopic (exact) mass is 433 g/mol. The molecule has 3 atom stereocenters. The van der Waals surface area contributed by atoms with Crippen LogP contribution in [0.5, 0.6) is 0 Å². The van der Waals surface area contributed by atoms with Gasteiger partial charge in [0.15, 0.2) is 0 Å². The van der Waals surface area contributed by atoms with E-state index in [2.05, 4.69) is 22.6 Å². The van der Waals surface area contributed by atoms with Gasteiger partial charge in [0.1, 0.15) is 0 Å². The highest BCUT2D eigenvalue weighted by atomic mass is 127. The van der Waals surface area contributed by atoms with E-state index < -0.39 is 10.0 Å². The van der Waals surface area contributed by atoms with Crippen LogP contribution in [-0.2, 0) is 10.0 Å². The van der Waals surface area contributed by atoms with E-state index in [-0.39, 0.29) is 10.1 Å². The summed E-state index contributed by atoms with van der Waals surface area (Å²) in [5.41, 5.74) is 2.01. The number of hydrogen-bond acceptors (Lipinski definition) is 2. The third-order valence-electron chi connectivity index (χ3n) is 3.50. The molecule has 3 rings (SSSR count). The van der Waals surface area contributed by atoms with E-state index >= 15 is 0 Å². The summed E-state index contributed by atoms with van der Waals surface area (Å²) in [6.07, 6.45) is 0. The van der Waals surface area contributed by atoms with Crippen molar-refractivity contribution >= 4 is 44.2 Å². The van der Waals surface area contributed by atoms with E-state index in [4.69, 9.17) is 11.6 Å². The Balaban J connectivity index is 1.91. The highest BCUT2D eigenvalue weighted by molar-refractivity contribution is 14.1. The van der Waals surface area contributed by atoms with E-state index in [0.29, 0.717) is 9.92 Å². The summed E-state index contributed by atoms with van der Waals surface area (Å²) in [5.74, 6) is 0. The predicted molar refractivity (Wildman–Crippen MR) is 92.2 cm³/mol. The fourth-order valence-electron chi connectivity index (χ4n) is 2.26. The molecular formula is C15H13ClINO2S. The molecule has 21 heavy (non-hydrogen) atoms. The first-order chi connectivity index (χ1) is 9.91. The van der Waals surface area contributed by atoms with Gasteiger partial charge in [0.05, 0.1) is 15.0 Å². The predicted octanol–water partition coefficient (Wildman–Crippen LogP) is 4.16. The van der Waals surface area contributed by atoms with Crippen LogP contribution in [-0.4, -0.2) is 16.8 Å². The number of sulfonamides is 1. The molecule has 0 N–H and O–H groups in total. The maximum absolute atomic E-state index is 12.7. The maximum Gasteiger partial charge on any atom is 0.244 e. The third-order valence-corrected chi connectivity index (χ3v) is 7.28. The second-order valence-corrected chi connectivity index (χ2v) is 8.57. The van der Waals surface area contributed by atoms with E-state index in [1.54, 1.807) is 24.3 Å². The summed E-state index contributed by atoms with van der Waals surface area (Å²) >= 11 is 8.04. The van der Waals surface area contributed by atoms with Crippen molar-refractivity contribution in [3.8, 4) is 0 Å². The van der Waals surface area contributed by atoms with Gasteiger partial charge in [0.2, 0.25) is 10.0 Å². The second-order valence-electron chi connectivity index (χ2n) is 5.02. The lowest BCUT2D eigenvalue weighted by Gasteiger charge is -2.07. The van der Waals surface area contributed by atoms with E-state index in [1.807, 2.05) is 31.2 Å². The number of hydrogen-bond donors (Lipinski definition) is 0. The molecule has 110 valence electrons. The molecule has 3 unspecified atom stereocenters. The minimum Gasteiger partial charge on any atom is -0.207 e. The van der Waals surface area contributed by atoms with Crippen molar-refractivity contribution < 1.29 is 8.42 Å². The maximum atomic E-state index is 12.7. The average molecular weight is 434 g/mol. The van der Waals surface area contributed by atoms with Crippen LogP contribution < -0.4 is 0 Å². The largest absolute Gasteiger partial charge is 0.244 e. The Bertz CT molecular complexity index is 759. The first-order valence-electron chi connectivity index (χ1n) is 6.41. The van der Waals surface area contributed by atoms with Gasteiger partial charge in [-0.05, 0) is 36.8 Å². The summed E-state index contributed by atoms with van der Waals surface area (Å²) < 4.78 is 26.8. The van der Waals surface area contributed by atoms with Crippen molar-refractivity contribution in [2.24, 2.45) is 0 Å². The number of halogens is 2. The zero-order valence-electron chi connectivity index (χ0n) is 11.2. The number of benzene rings is 2. The van der Waals surface area contributed by atoms with Gasteiger partial charge in [-0.25, -0.2) is 8.42 Å². The Morgan fingerprint density at radius 3 is 2.19 bits per heavy atom. The molecule has 0 spiro atoms. The molecular weight excluding hydrogens is 421 g/mol. The summed E-state index contributed by atoms with van der Waals surface area (Å²) in [4.78, 5) is 0.339. The van der Waals surface area contributed by atoms with Crippen LogP contribution in [0, 0.1) is 6.92 Å². The van der Waals surface area contributed by atoms with Crippen LogP contribution in [0.2, 0.25) is 5.02 Å². The molecule has 1 aliphatic rings. The highest BCUT2D eigenvalue weighted by Gasteiger charge is 2.54. The number of rotatable bonds is 3. The minimum absolute atomic E-state index is 0.0601. The van der Waals surface area contributed by atoms with Crippen molar-refractivity contribution in [1.82, 2.24) is 4.31 Å². The Hall–Kier alpha value is -0.630. The first-order valence-corrected chi connectivity index (χ1v) is 9.47. The molecule has 0 aliphatic carbocycles. The van der Waals surface area contributed by atoms with E-state index in [9.17, 15) is 8.42 Å². The molecule has 3 nitrogen and oxygen atoms in total. The lowest BCUT2D eigenvalue weighted by atomic mass is 10.2. The fraction of sp³-hybridized carbons (Fsp3) is 0.200. The Labute approximate surface area is 143 Å². The molecule has 0 saturated carbocycles. The van der Waals surface area contributed by atoms with Crippen LogP contribution >= 0.6 is 34.2 Å². The smallest absolute Gasteiger partial charge is 0.207 e. The fourth-order valence-corrected chi connectivity index (χ4v) is 6.01. The van der Waals surface area contributed by atoms with Crippen molar-refractivity contribution in [2.75, 3.05) is 0 Å². The second kappa shape index (κ2) is 5.53. The minimum atomic E-state index is -3.45. The quantitative estimate of drug-likeness (QED) is 0.315. The van der Waals surface area contributed by atoms with Crippen LogP contribution in [0.3, 0.4) is 0 Å². The lowest BCUT2D eigenvalue weighted by Crippen LogP contribution is -2.13. The molecule has 0 bridgehead atoms. The number of nitrogens with zero attached hydrogens (tertiary/aromatic N) is 1. The van der Waals surface area contributed by atoms with E-state index in [1.165, 1.54) is 4.31 Å². The highest BCUT2D eigenvalue weighted by Crippen LogP contribution is 2.51. The third kappa shape index (κ3) is 2.84. The van der Waals surface area contributed by atoms with Gasteiger partial charge < -0.3 is 0 Å². The molecule has 0 aromatic heterocycles. The standard InChI is InChI=1S/C15H13ClINO2S/c1-10-2-8-13(9-3-10)21(19,20)18-14(15(18)17)11-4-6-12(16)7-5-11/h2-9,14-15H,1H3. The first kappa shape index (κ1) is 15.3. The van der Waals surface area contributed by atoms with Gasteiger partial charge in [0.25, 0.3) is 0 Å². The Kier molecular flexibility index (Phi) is 4.02. The SMILES string of the molecule is Cc1ccc(S(=O)(=O)N2C(I)C2c2ccc(Cl)cc2)cc1. The van der Waals surface area contributed by atoms with E-state index in [0.717, 1.165) is 11.1 Å². The van der Waals surface area contributed by atoms with Gasteiger partial charge in [0, 0.05) is 5.02 Å². The van der Waals surface area contributed by atoms with Crippen LogP contribution in [0.4, 0.5) is 0 Å². The normalized spacial score (nSPS) is 24.8.